The maximum Gasteiger partial charge on any atom is 0.188 e. The topological polar surface area (TPSA) is 12.4 Å². The van der Waals surface area contributed by atoms with Gasteiger partial charge in [0, 0.05) is 5.73 Å². The van der Waals surface area contributed by atoms with Crippen molar-refractivity contribution in [3.63, 3.8) is 0 Å². The third-order valence-corrected chi connectivity index (χ3v) is 0.639. The van der Waals surface area contributed by atoms with E-state index < -0.39 is 0 Å². The Bertz CT molecular complexity index is 239. The Morgan fingerprint density at radius 3 is 2.57 bits per heavy atom. The first kappa shape index (κ1) is 4.18. The molecule has 1 aliphatic heterocycles. The quantitative estimate of drug-likeness (QED) is 0.411. The summed E-state index contributed by atoms with van der Waals surface area (Å²) in [4.78, 5) is 3.53. The molecular formula is C5NS. The van der Waals surface area contributed by atoms with E-state index in [1.807, 2.05) is 0 Å². The fourth-order valence-corrected chi connectivity index (χ4v) is 0.316. The van der Waals surface area contributed by atoms with Gasteiger partial charge in [-0.15, -0.1) is 0 Å². The highest BCUT2D eigenvalue weighted by molar-refractivity contribution is 7.84. The smallest absolute Gasteiger partial charge is 0.176 e. The Morgan fingerprint density at radius 2 is 2.29 bits per heavy atom. The van der Waals surface area contributed by atoms with Gasteiger partial charge in [-0.1, -0.05) is 0 Å². The molecule has 0 aromatic rings. The lowest BCUT2D eigenvalue weighted by Gasteiger charge is -1.71. The zero-order chi connectivity index (χ0) is 5.11. The van der Waals surface area contributed by atoms with Gasteiger partial charge in [-0.3, -0.25) is 0 Å². The minimum Gasteiger partial charge on any atom is -0.176 e. The van der Waals surface area contributed by atoms with Crippen molar-refractivity contribution in [2.24, 2.45) is 4.99 Å². The zero-order valence-electron chi connectivity index (χ0n) is 3.36. The molecule has 1 rings (SSSR count). The SMILES string of the molecule is [S]C1=C=C=C=C=N1. The molecule has 0 bridgehead atoms. The monoisotopic (exact) mass is 106 g/mol. The fourth-order valence-electron chi connectivity index (χ4n) is 0.219. The van der Waals surface area contributed by atoms with E-state index in [2.05, 4.69) is 40.7 Å². The van der Waals surface area contributed by atoms with Gasteiger partial charge in [0.15, 0.2) is 5.03 Å². The van der Waals surface area contributed by atoms with Gasteiger partial charge in [0.05, 0.1) is 5.87 Å². The van der Waals surface area contributed by atoms with Crippen molar-refractivity contribution in [1.82, 2.24) is 0 Å². The molecule has 1 heterocycles. The molecule has 7 heavy (non-hydrogen) atoms. The van der Waals surface area contributed by atoms with Crippen LogP contribution in [0.5, 0.6) is 0 Å². The molecule has 2 heteroatoms. The van der Waals surface area contributed by atoms with Crippen LogP contribution in [-0.2, 0) is 0 Å². The molecule has 0 aromatic carbocycles. The van der Waals surface area contributed by atoms with E-state index in [1.54, 1.807) is 0 Å². The van der Waals surface area contributed by atoms with Crippen LogP contribution in [0.15, 0.2) is 27.2 Å². The van der Waals surface area contributed by atoms with Crippen LogP contribution in [0.4, 0.5) is 0 Å². The van der Waals surface area contributed by atoms with E-state index in [1.165, 1.54) is 0 Å². The number of aliphatic imine (C=N–C) groups is 1. The third kappa shape index (κ3) is 0.924. The first-order chi connectivity index (χ1) is 3.39. The van der Waals surface area contributed by atoms with Crippen LogP contribution >= 0.6 is 12.6 Å². The van der Waals surface area contributed by atoms with E-state index in [4.69, 9.17) is 0 Å². The summed E-state index contributed by atoms with van der Waals surface area (Å²) in [5, 5.41) is 0.388. The highest BCUT2D eigenvalue weighted by Crippen LogP contribution is 1.96. The van der Waals surface area contributed by atoms with Crippen molar-refractivity contribution in [2.75, 3.05) is 0 Å². The minimum atomic E-state index is 0.388. The maximum absolute atomic E-state index is 4.56. The van der Waals surface area contributed by atoms with Gasteiger partial charge >= 0.3 is 0 Å². The lowest BCUT2D eigenvalue weighted by Crippen LogP contribution is -1.57. The summed E-state index contributed by atoms with van der Waals surface area (Å²) in [6, 6.07) is 0. The second-order valence-electron chi connectivity index (χ2n) is 0.904. The van der Waals surface area contributed by atoms with E-state index in [-0.39, 0.29) is 0 Å². The lowest BCUT2D eigenvalue weighted by molar-refractivity contribution is 1.57. The van der Waals surface area contributed by atoms with Crippen molar-refractivity contribution >= 4 is 18.5 Å². The molecule has 0 unspecified atom stereocenters. The number of hydrogen-bond acceptors (Lipinski definition) is 1. The van der Waals surface area contributed by atoms with Crippen molar-refractivity contribution in [1.29, 1.82) is 0 Å². The molecule has 1 radical (unpaired) electrons. The van der Waals surface area contributed by atoms with Crippen LogP contribution in [0.25, 0.3) is 0 Å². The second kappa shape index (κ2) is 1.64. The van der Waals surface area contributed by atoms with Crippen LogP contribution in [0.2, 0.25) is 0 Å². The first-order valence-electron chi connectivity index (χ1n) is 1.65. The summed E-state index contributed by atoms with van der Waals surface area (Å²) >= 11 is 4.56. The molecule has 0 N–H and O–H groups in total. The van der Waals surface area contributed by atoms with Gasteiger partial charge in [0.2, 0.25) is 0 Å². The Morgan fingerprint density at radius 1 is 1.43 bits per heavy atom. The summed E-state index contributed by atoms with van der Waals surface area (Å²) in [7, 11) is 0. The molecule has 0 aromatic heterocycles. The van der Waals surface area contributed by atoms with Crippen LogP contribution in [-0.4, -0.2) is 5.87 Å². The third-order valence-electron chi connectivity index (χ3n) is 0.445. The number of nitrogens with zero attached hydrogens (tertiary/aromatic N) is 1. The van der Waals surface area contributed by atoms with Crippen molar-refractivity contribution in [2.45, 2.75) is 0 Å². The summed E-state index contributed by atoms with van der Waals surface area (Å²) in [5.74, 6) is 2.39. The average Bonchev–Trinajstić information content (AvgIpc) is 1.69. The van der Waals surface area contributed by atoms with Crippen molar-refractivity contribution in [3.8, 4) is 0 Å². The highest BCUT2D eigenvalue weighted by atomic mass is 32.1. The van der Waals surface area contributed by atoms with Gasteiger partial charge in [-0.25, -0.2) is 0 Å². The van der Waals surface area contributed by atoms with E-state index in [9.17, 15) is 0 Å². The summed E-state index contributed by atoms with van der Waals surface area (Å²) in [6.07, 6.45) is 0. The van der Waals surface area contributed by atoms with E-state index in [0.29, 0.717) is 5.03 Å². The molecule has 31 valence electrons. The van der Waals surface area contributed by atoms with Crippen molar-refractivity contribution in [3.05, 3.63) is 22.2 Å². The standard InChI is InChI=1S/C5NS/c7-5-3-1-2-4-6-5. The summed E-state index contributed by atoms with van der Waals surface area (Å²) < 4.78 is 0. The Hall–Kier alpha value is -0.990. The molecule has 0 atom stereocenters. The van der Waals surface area contributed by atoms with Crippen LogP contribution in [0.1, 0.15) is 0 Å². The lowest BCUT2D eigenvalue weighted by atomic mass is 10.7. The summed E-state index contributed by atoms with van der Waals surface area (Å²) in [6.45, 7) is 0. The Labute approximate surface area is 46.5 Å². The van der Waals surface area contributed by atoms with E-state index >= 15 is 0 Å². The molecule has 0 saturated carbocycles. The van der Waals surface area contributed by atoms with Gasteiger partial charge in [0.1, 0.15) is 0 Å². The van der Waals surface area contributed by atoms with Crippen LogP contribution in [0.3, 0.4) is 0 Å². The average molecular weight is 106 g/mol. The van der Waals surface area contributed by atoms with Crippen LogP contribution in [0, 0.1) is 0 Å². The normalized spacial score (nSPS) is 12.3. The van der Waals surface area contributed by atoms with Gasteiger partial charge in [-0.2, -0.15) is 4.99 Å². The van der Waals surface area contributed by atoms with Gasteiger partial charge in [-0.05, 0) is 24.1 Å². The minimum absolute atomic E-state index is 0.388. The molecule has 0 saturated heterocycles. The number of hydrogen-bond donors (Lipinski definition) is 0. The molecule has 0 spiro atoms. The van der Waals surface area contributed by atoms with Gasteiger partial charge < -0.3 is 0 Å². The maximum atomic E-state index is 4.56. The second-order valence-corrected chi connectivity index (χ2v) is 1.29. The summed E-state index contributed by atoms with van der Waals surface area (Å²) in [5.41, 5.74) is 7.46. The van der Waals surface area contributed by atoms with Crippen molar-refractivity contribution < 1.29 is 0 Å². The fraction of sp³-hybridized carbons (Fsp3) is 0. The molecule has 0 aliphatic carbocycles. The number of rotatable bonds is 0. The largest absolute Gasteiger partial charge is 0.188 e. The highest BCUT2D eigenvalue weighted by Gasteiger charge is 1.77. The Balaban J connectivity index is 3.45. The predicted molar refractivity (Wildman–Crippen MR) is 29.1 cm³/mol. The Kier molecular flexibility index (Phi) is 0.978. The first-order valence-corrected chi connectivity index (χ1v) is 2.06. The molecule has 1 nitrogen and oxygen atoms in total. The molecule has 1 aliphatic rings. The van der Waals surface area contributed by atoms with Gasteiger partial charge in [0.25, 0.3) is 0 Å². The van der Waals surface area contributed by atoms with E-state index in [0.717, 1.165) is 0 Å². The van der Waals surface area contributed by atoms with Crippen LogP contribution < -0.4 is 0 Å². The molecule has 0 fully saturated rings. The molecular weight excluding hydrogens is 106 g/mol. The predicted octanol–water partition coefficient (Wildman–Crippen LogP) is 1.17. The molecule has 0 amide bonds. The zero-order valence-corrected chi connectivity index (χ0v) is 4.17.